The molecular formula is C24H23F3N4O4. The zero-order valence-electron chi connectivity index (χ0n) is 18.8. The molecule has 0 saturated heterocycles. The molecule has 2 aromatic carbocycles. The Morgan fingerprint density at radius 1 is 1.17 bits per heavy atom. The molecule has 35 heavy (non-hydrogen) atoms. The number of nitrogens with one attached hydrogen (secondary N) is 1. The van der Waals surface area contributed by atoms with Crippen LogP contribution in [0.25, 0.3) is 22.4 Å². The minimum atomic E-state index is -5.16. The molecule has 8 nitrogen and oxygen atoms in total. The number of aromatic carboxylic acids is 1. The zero-order valence-corrected chi connectivity index (χ0v) is 18.8. The van der Waals surface area contributed by atoms with Crippen molar-refractivity contribution in [3.63, 3.8) is 0 Å². The summed E-state index contributed by atoms with van der Waals surface area (Å²) in [5.41, 5.74) is 9.41. The number of nitrogens with zero attached hydrogens (tertiary/aromatic N) is 2. The minimum Gasteiger partial charge on any atom is -0.477 e. The first-order valence-corrected chi connectivity index (χ1v) is 10.9. The lowest BCUT2D eigenvalue weighted by atomic mass is 9.86. The fourth-order valence-corrected chi connectivity index (χ4v) is 4.19. The Hall–Kier alpha value is -3.86. The van der Waals surface area contributed by atoms with Gasteiger partial charge in [-0.1, -0.05) is 12.1 Å². The summed E-state index contributed by atoms with van der Waals surface area (Å²) in [7, 11) is 1.73. The van der Waals surface area contributed by atoms with Gasteiger partial charge >= 0.3 is 18.1 Å². The number of ether oxygens (including phenoxy) is 1. The molecule has 184 valence electrons. The predicted molar refractivity (Wildman–Crippen MR) is 122 cm³/mol. The van der Waals surface area contributed by atoms with Gasteiger partial charge in [0.1, 0.15) is 11.4 Å². The van der Waals surface area contributed by atoms with Crippen LogP contribution in [-0.2, 0) is 24.2 Å². The summed E-state index contributed by atoms with van der Waals surface area (Å²) in [5.74, 6) is -3.66. The second-order valence-corrected chi connectivity index (χ2v) is 8.07. The normalized spacial score (nSPS) is 12.6. The molecule has 4 rings (SSSR count). The average Bonchev–Trinajstić information content (AvgIpc) is 3.21. The molecule has 0 fully saturated rings. The largest absolute Gasteiger partial charge is 0.491 e. The zero-order chi connectivity index (χ0) is 25.3. The van der Waals surface area contributed by atoms with Crippen LogP contribution in [-0.4, -0.2) is 46.6 Å². The number of carboxylic acids is 1. The molecule has 0 atom stereocenters. The molecular weight excluding hydrogens is 465 g/mol. The highest BCUT2D eigenvalue weighted by Crippen LogP contribution is 2.42. The second-order valence-electron chi connectivity index (χ2n) is 8.07. The Kier molecular flexibility index (Phi) is 6.53. The van der Waals surface area contributed by atoms with Crippen molar-refractivity contribution in [3.05, 3.63) is 53.2 Å². The number of hydrogen-bond donors (Lipinski definition) is 3. The Morgan fingerprint density at radius 2 is 1.89 bits per heavy atom. The number of hydrogen-bond acceptors (Lipinski definition) is 6. The van der Waals surface area contributed by atoms with Crippen molar-refractivity contribution in [2.24, 2.45) is 5.73 Å². The Bertz CT molecular complexity index is 1280. The number of rotatable bonds is 7. The van der Waals surface area contributed by atoms with E-state index in [4.69, 9.17) is 10.5 Å². The summed E-state index contributed by atoms with van der Waals surface area (Å²) in [4.78, 5) is 23.6. The Balaban J connectivity index is 1.89. The van der Waals surface area contributed by atoms with Crippen LogP contribution >= 0.6 is 0 Å². The SMILES string of the molecule is CNc1ccc(-c2cc3c(cc2OC(=O)C(F)(F)F)CCc2c-3nn(CCCN)c2C(=O)O)cc1. The van der Waals surface area contributed by atoms with Gasteiger partial charge in [-0.2, -0.15) is 18.3 Å². The number of anilines is 1. The molecule has 1 heterocycles. The summed E-state index contributed by atoms with van der Waals surface area (Å²) >= 11 is 0. The number of benzene rings is 2. The number of esters is 1. The summed E-state index contributed by atoms with van der Waals surface area (Å²) in [6.45, 7) is 0.681. The van der Waals surface area contributed by atoms with E-state index in [-0.39, 0.29) is 17.0 Å². The second kappa shape index (κ2) is 9.41. The predicted octanol–water partition coefficient (Wildman–Crippen LogP) is 3.87. The van der Waals surface area contributed by atoms with E-state index < -0.39 is 18.1 Å². The van der Waals surface area contributed by atoms with E-state index in [0.717, 1.165) is 5.69 Å². The van der Waals surface area contributed by atoms with Crippen LogP contribution < -0.4 is 15.8 Å². The molecule has 0 bridgehead atoms. The molecule has 0 saturated carbocycles. The van der Waals surface area contributed by atoms with Crippen LogP contribution in [0.1, 0.15) is 28.0 Å². The Morgan fingerprint density at radius 3 is 2.49 bits per heavy atom. The maximum Gasteiger partial charge on any atom is 0.491 e. The van der Waals surface area contributed by atoms with Gasteiger partial charge in [-0.3, -0.25) is 4.68 Å². The third kappa shape index (κ3) is 4.72. The van der Waals surface area contributed by atoms with E-state index in [2.05, 4.69) is 10.4 Å². The highest BCUT2D eigenvalue weighted by molar-refractivity contribution is 5.92. The highest BCUT2D eigenvalue weighted by atomic mass is 19.4. The number of fused-ring (bicyclic) bond motifs is 3. The molecule has 3 aromatic rings. The van der Waals surface area contributed by atoms with Crippen molar-refractivity contribution in [2.45, 2.75) is 32.0 Å². The van der Waals surface area contributed by atoms with Gasteiger partial charge in [0.2, 0.25) is 0 Å². The quantitative estimate of drug-likeness (QED) is 0.341. The molecule has 1 aromatic heterocycles. The van der Waals surface area contributed by atoms with Gasteiger partial charge < -0.3 is 20.9 Å². The van der Waals surface area contributed by atoms with Gasteiger partial charge in [-0.15, -0.1) is 0 Å². The van der Waals surface area contributed by atoms with Crippen LogP contribution in [0, 0.1) is 0 Å². The average molecular weight is 488 g/mol. The summed E-state index contributed by atoms with van der Waals surface area (Å²) in [6.07, 6.45) is -3.95. The number of carbonyl (C=O) groups is 2. The van der Waals surface area contributed by atoms with Crippen LogP contribution in [0.2, 0.25) is 0 Å². The first kappa shape index (κ1) is 24.3. The topological polar surface area (TPSA) is 119 Å². The third-order valence-corrected chi connectivity index (χ3v) is 5.85. The number of carboxylic acid groups (broad SMARTS) is 1. The lowest BCUT2D eigenvalue weighted by Crippen LogP contribution is -2.28. The van der Waals surface area contributed by atoms with E-state index in [1.807, 2.05) is 0 Å². The van der Waals surface area contributed by atoms with Gasteiger partial charge in [0.05, 0.1) is 5.69 Å². The number of halogens is 3. The first-order chi connectivity index (χ1) is 16.6. The highest BCUT2D eigenvalue weighted by Gasteiger charge is 2.42. The molecule has 0 amide bonds. The molecule has 0 radical (unpaired) electrons. The standard InChI is InChI=1S/C24H23F3N4O4/c1-29-15-6-3-13(4-7-15)17-12-18-14(11-19(17)35-23(34)24(25,26)27)5-8-16-20(18)30-31(10-2-9-28)21(16)22(32)33/h3-4,6-7,11-12,29H,2,5,8-10,28H2,1H3,(H,32,33). The molecule has 1 aliphatic carbocycles. The third-order valence-electron chi connectivity index (χ3n) is 5.85. The number of carbonyl (C=O) groups excluding carboxylic acids is 1. The monoisotopic (exact) mass is 488 g/mol. The van der Waals surface area contributed by atoms with E-state index in [0.29, 0.717) is 60.3 Å². The van der Waals surface area contributed by atoms with Crippen molar-refractivity contribution in [3.8, 4) is 28.1 Å². The summed E-state index contributed by atoms with van der Waals surface area (Å²) in [5, 5.41) is 17.3. The van der Waals surface area contributed by atoms with Gasteiger partial charge in [0, 0.05) is 36.0 Å². The Labute approximate surface area is 198 Å². The maximum absolute atomic E-state index is 13.0. The number of aromatic nitrogens is 2. The molecule has 0 unspecified atom stereocenters. The van der Waals surface area contributed by atoms with Crippen LogP contribution in [0.15, 0.2) is 36.4 Å². The van der Waals surface area contributed by atoms with Crippen LogP contribution in [0.5, 0.6) is 5.75 Å². The summed E-state index contributed by atoms with van der Waals surface area (Å²) in [6, 6.07) is 9.85. The van der Waals surface area contributed by atoms with Crippen molar-refractivity contribution < 1.29 is 32.6 Å². The van der Waals surface area contributed by atoms with Crippen LogP contribution in [0.3, 0.4) is 0 Å². The van der Waals surface area contributed by atoms with Crippen molar-refractivity contribution in [1.29, 1.82) is 0 Å². The van der Waals surface area contributed by atoms with Crippen molar-refractivity contribution in [1.82, 2.24) is 9.78 Å². The fraction of sp³-hybridized carbons (Fsp3) is 0.292. The van der Waals surface area contributed by atoms with E-state index >= 15 is 0 Å². The van der Waals surface area contributed by atoms with Gasteiger partial charge in [0.15, 0.2) is 0 Å². The number of nitrogens with two attached hydrogens (primary N) is 1. The van der Waals surface area contributed by atoms with Crippen LogP contribution in [0.4, 0.5) is 18.9 Å². The molecule has 0 aliphatic heterocycles. The van der Waals surface area contributed by atoms with E-state index in [9.17, 15) is 27.9 Å². The van der Waals surface area contributed by atoms with Gasteiger partial charge in [0.25, 0.3) is 0 Å². The van der Waals surface area contributed by atoms with E-state index in [1.54, 1.807) is 37.4 Å². The molecule has 1 aliphatic rings. The lowest BCUT2D eigenvalue weighted by Gasteiger charge is -2.20. The molecule has 4 N–H and O–H groups in total. The smallest absolute Gasteiger partial charge is 0.477 e. The molecule has 11 heteroatoms. The minimum absolute atomic E-state index is 0.0756. The van der Waals surface area contributed by atoms with Crippen molar-refractivity contribution >= 4 is 17.6 Å². The van der Waals surface area contributed by atoms with Gasteiger partial charge in [-0.05, 0) is 61.2 Å². The van der Waals surface area contributed by atoms with Gasteiger partial charge in [-0.25, -0.2) is 9.59 Å². The summed E-state index contributed by atoms with van der Waals surface area (Å²) < 4.78 is 45.1. The first-order valence-electron chi connectivity index (χ1n) is 10.9. The fourth-order valence-electron chi connectivity index (χ4n) is 4.19. The number of aryl methyl sites for hydroxylation is 2. The maximum atomic E-state index is 13.0. The number of alkyl halides is 3. The molecule has 0 spiro atoms. The van der Waals surface area contributed by atoms with E-state index in [1.165, 1.54) is 10.7 Å². The van der Waals surface area contributed by atoms with Crippen molar-refractivity contribution in [2.75, 3.05) is 18.9 Å². The lowest BCUT2D eigenvalue weighted by molar-refractivity contribution is -0.189.